The Morgan fingerprint density at radius 2 is 1.74 bits per heavy atom. The summed E-state index contributed by atoms with van der Waals surface area (Å²) in [6, 6.07) is 27.8. The summed E-state index contributed by atoms with van der Waals surface area (Å²) in [5.41, 5.74) is 4.55. The van der Waals surface area contributed by atoms with Crippen molar-refractivity contribution in [3.8, 4) is 22.7 Å². The van der Waals surface area contributed by atoms with Crippen LogP contribution >= 0.6 is 24.0 Å². The van der Waals surface area contributed by atoms with E-state index in [-0.39, 0.29) is 5.91 Å². The minimum atomic E-state index is -0.0687. The van der Waals surface area contributed by atoms with Crippen molar-refractivity contribution in [3.05, 3.63) is 107 Å². The number of hydrogen-bond donors (Lipinski definition) is 0. The Morgan fingerprint density at radius 3 is 2.46 bits per heavy atom. The molecule has 1 aromatic heterocycles. The lowest BCUT2D eigenvalue weighted by atomic mass is 10.1. The van der Waals surface area contributed by atoms with Gasteiger partial charge in [-0.3, -0.25) is 9.69 Å². The first-order chi connectivity index (χ1) is 17.1. The van der Waals surface area contributed by atoms with Gasteiger partial charge in [0.2, 0.25) is 0 Å². The van der Waals surface area contributed by atoms with Crippen molar-refractivity contribution in [3.63, 3.8) is 0 Å². The summed E-state index contributed by atoms with van der Waals surface area (Å²) in [6.45, 7) is 2.96. The predicted molar refractivity (Wildman–Crippen MR) is 145 cm³/mol. The van der Waals surface area contributed by atoms with Crippen molar-refractivity contribution in [1.29, 1.82) is 0 Å². The van der Waals surface area contributed by atoms with E-state index in [1.807, 2.05) is 109 Å². The van der Waals surface area contributed by atoms with E-state index in [2.05, 4.69) is 0 Å². The first kappa shape index (κ1) is 23.1. The molecule has 0 atom stereocenters. The fourth-order valence-electron chi connectivity index (χ4n) is 3.82. The van der Waals surface area contributed by atoms with E-state index < -0.39 is 0 Å². The number of carbonyl (C=O) groups excluding carboxylic acids is 1. The molecule has 5 nitrogen and oxygen atoms in total. The molecule has 0 aliphatic carbocycles. The molecule has 5 rings (SSSR count). The molecule has 35 heavy (non-hydrogen) atoms. The fraction of sp³-hybridized carbons (Fsp3) is 0.107. The minimum Gasteiger partial charge on any atom is -0.489 e. The third-order valence-corrected chi connectivity index (χ3v) is 6.97. The molecule has 7 heteroatoms. The smallest absolute Gasteiger partial charge is 0.266 e. The average molecular weight is 498 g/mol. The summed E-state index contributed by atoms with van der Waals surface area (Å²) in [6.07, 6.45) is 3.83. The lowest BCUT2D eigenvalue weighted by molar-refractivity contribution is -0.121. The number of carbonyl (C=O) groups is 1. The van der Waals surface area contributed by atoms with E-state index in [1.54, 1.807) is 4.90 Å². The molecule has 1 fully saturated rings. The summed E-state index contributed by atoms with van der Waals surface area (Å²) in [5, 5.41) is 4.88. The van der Waals surface area contributed by atoms with Gasteiger partial charge in [-0.1, -0.05) is 84.6 Å². The monoisotopic (exact) mass is 497 g/mol. The van der Waals surface area contributed by atoms with Crippen LogP contribution < -0.4 is 4.74 Å². The van der Waals surface area contributed by atoms with Crippen LogP contribution in [0, 0.1) is 0 Å². The first-order valence-corrected chi connectivity index (χ1v) is 12.5. The second-order valence-corrected chi connectivity index (χ2v) is 9.62. The summed E-state index contributed by atoms with van der Waals surface area (Å²) >= 11 is 6.72. The van der Waals surface area contributed by atoms with Crippen LogP contribution in [0.25, 0.3) is 23.0 Å². The zero-order valence-corrected chi connectivity index (χ0v) is 20.8. The zero-order chi connectivity index (χ0) is 24.2. The lowest BCUT2D eigenvalue weighted by Crippen LogP contribution is -2.27. The number of thiocarbonyl (C=S) groups is 1. The van der Waals surface area contributed by atoms with Gasteiger partial charge in [0.15, 0.2) is 0 Å². The summed E-state index contributed by atoms with van der Waals surface area (Å²) in [5.74, 6) is 0.685. The molecule has 0 bridgehead atoms. The highest BCUT2D eigenvalue weighted by Gasteiger charge is 2.31. The number of ether oxygens (including phenoxy) is 1. The minimum absolute atomic E-state index is 0.0687. The van der Waals surface area contributed by atoms with Crippen LogP contribution in [0.2, 0.25) is 0 Å². The van der Waals surface area contributed by atoms with Crippen molar-refractivity contribution in [2.45, 2.75) is 13.5 Å². The van der Waals surface area contributed by atoms with Gasteiger partial charge in [0.1, 0.15) is 22.4 Å². The number of thioether (sulfide) groups is 1. The topological polar surface area (TPSA) is 47.4 Å². The van der Waals surface area contributed by atoms with Gasteiger partial charge < -0.3 is 4.74 Å². The third-order valence-electron chi connectivity index (χ3n) is 5.60. The zero-order valence-electron chi connectivity index (χ0n) is 19.1. The maximum atomic E-state index is 12.9. The largest absolute Gasteiger partial charge is 0.489 e. The number of amides is 1. The second-order valence-electron chi connectivity index (χ2n) is 7.94. The van der Waals surface area contributed by atoms with Gasteiger partial charge in [-0.25, -0.2) is 4.68 Å². The van der Waals surface area contributed by atoms with Crippen molar-refractivity contribution >= 4 is 40.3 Å². The normalized spacial score (nSPS) is 14.7. The van der Waals surface area contributed by atoms with Crippen LogP contribution in [0.15, 0.2) is 96.0 Å². The Hall–Kier alpha value is -3.68. The van der Waals surface area contributed by atoms with Gasteiger partial charge in [0, 0.05) is 23.9 Å². The SMILES string of the molecule is CCN1C(=O)C(=Cc2cn(-c3ccccc3)nc2-c2cccc(OCc3ccccc3)c2)SC1=S. The number of para-hydroxylation sites is 1. The van der Waals surface area contributed by atoms with E-state index in [0.29, 0.717) is 22.4 Å². The summed E-state index contributed by atoms with van der Waals surface area (Å²) in [7, 11) is 0. The average Bonchev–Trinajstić information content (AvgIpc) is 3.44. The molecule has 0 unspecified atom stereocenters. The molecule has 3 aromatic carbocycles. The van der Waals surface area contributed by atoms with Crippen LogP contribution in [-0.2, 0) is 11.4 Å². The summed E-state index contributed by atoms with van der Waals surface area (Å²) < 4.78 is 8.46. The maximum absolute atomic E-state index is 12.9. The molecule has 0 spiro atoms. The Labute approximate surface area is 214 Å². The van der Waals surface area contributed by atoms with Gasteiger partial charge in [0.05, 0.1) is 10.6 Å². The van der Waals surface area contributed by atoms with Crippen molar-refractivity contribution < 1.29 is 9.53 Å². The lowest BCUT2D eigenvalue weighted by Gasteiger charge is -2.09. The molecule has 2 heterocycles. The van der Waals surface area contributed by atoms with Gasteiger partial charge in [0.25, 0.3) is 5.91 Å². The number of rotatable bonds is 7. The van der Waals surface area contributed by atoms with E-state index >= 15 is 0 Å². The highest BCUT2D eigenvalue weighted by Crippen LogP contribution is 2.35. The van der Waals surface area contributed by atoms with E-state index in [1.165, 1.54) is 11.8 Å². The quantitative estimate of drug-likeness (QED) is 0.220. The molecule has 0 saturated carbocycles. The molecule has 174 valence electrons. The Kier molecular flexibility index (Phi) is 6.79. The van der Waals surface area contributed by atoms with Crippen LogP contribution in [0.5, 0.6) is 5.75 Å². The number of benzene rings is 3. The van der Waals surface area contributed by atoms with E-state index in [4.69, 9.17) is 22.1 Å². The van der Waals surface area contributed by atoms with E-state index in [9.17, 15) is 4.79 Å². The Balaban J connectivity index is 1.52. The molecule has 0 radical (unpaired) electrons. The highest BCUT2D eigenvalue weighted by atomic mass is 32.2. The molecule has 1 aliphatic heterocycles. The number of nitrogens with zero attached hydrogens (tertiary/aromatic N) is 3. The molecule has 1 aliphatic rings. The predicted octanol–water partition coefficient (Wildman–Crippen LogP) is 6.34. The standard InChI is InChI=1S/C28H23N3O2S2/c1-2-30-27(32)25(35-28(30)34)17-22-18-31(23-13-7-4-8-14-23)29-26(22)21-12-9-15-24(16-21)33-19-20-10-5-3-6-11-20/h3-18H,2,19H2,1H3. The van der Waals surface area contributed by atoms with Gasteiger partial charge in [-0.15, -0.1) is 0 Å². The summed E-state index contributed by atoms with van der Waals surface area (Å²) in [4.78, 5) is 15.1. The number of aromatic nitrogens is 2. The van der Waals surface area contributed by atoms with E-state index in [0.717, 1.165) is 33.8 Å². The highest BCUT2D eigenvalue weighted by molar-refractivity contribution is 8.26. The van der Waals surface area contributed by atoms with Crippen molar-refractivity contribution in [1.82, 2.24) is 14.7 Å². The molecular weight excluding hydrogens is 474 g/mol. The molecule has 0 N–H and O–H groups in total. The maximum Gasteiger partial charge on any atom is 0.266 e. The number of hydrogen-bond acceptors (Lipinski definition) is 5. The number of likely N-dealkylation sites (N-methyl/N-ethyl adjacent to an activating group) is 1. The van der Waals surface area contributed by atoms with Crippen LogP contribution in [-0.4, -0.2) is 31.5 Å². The molecule has 1 saturated heterocycles. The van der Waals surface area contributed by atoms with Crippen LogP contribution in [0.1, 0.15) is 18.1 Å². The third kappa shape index (κ3) is 5.06. The van der Waals surface area contributed by atoms with Crippen molar-refractivity contribution in [2.75, 3.05) is 6.54 Å². The van der Waals surface area contributed by atoms with Crippen molar-refractivity contribution in [2.24, 2.45) is 0 Å². The molecular formula is C28H23N3O2S2. The molecule has 4 aromatic rings. The van der Waals surface area contributed by atoms with Crippen LogP contribution in [0.4, 0.5) is 0 Å². The second kappa shape index (κ2) is 10.3. The van der Waals surface area contributed by atoms with Crippen LogP contribution in [0.3, 0.4) is 0 Å². The van der Waals surface area contributed by atoms with Gasteiger partial charge in [-0.05, 0) is 42.8 Å². The first-order valence-electron chi connectivity index (χ1n) is 11.3. The fourth-order valence-corrected chi connectivity index (χ4v) is 5.19. The van der Waals surface area contributed by atoms with Gasteiger partial charge >= 0.3 is 0 Å². The molecule has 1 amide bonds. The Bertz CT molecular complexity index is 1400. The Morgan fingerprint density at radius 1 is 1.00 bits per heavy atom. The van der Waals surface area contributed by atoms with Gasteiger partial charge in [-0.2, -0.15) is 5.10 Å².